The molecule has 0 fully saturated rings. The van der Waals surface area contributed by atoms with Crippen LogP contribution in [0, 0.1) is 0 Å². The molecule has 12 rings (SSSR count). The van der Waals surface area contributed by atoms with Gasteiger partial charge in [-0.05, 0) is 68.1 Å². The molecule has 6 nitrogen and oxygen atoms in total. The molecule has 0 spiro atoms. The summed E-state index contributed by atoms with van der Waals surface area (Å²) in [7, 11) is 0. The van der Waals surface area contributed by atoms with E-state index in [2.05, 4.69) is 132 Å². The van der Waals surface area contributed by atoms with E-state index in [4.69, 9.17) is 24.9 Å². The molecule has 0 N–H and O–H groups in total. The number of benzene rings is 9. The third kappa shape index (κ3) is 5.84. The molecule has 0 bridgehead atoms. The molecule has 0 atom stereocenters. The number of aromatic nitrogens is 6. The molecule has 0 radical (unpaired) electrons. The number of imidazole rings is 1. The minimum Gasteiger partial charge on any atom is -0.276 e. The van der Waals surface area contributed by atoms with Gasteiger partial charge in [-0.15, -0.1) is 0 Å². The van der Waals surface area contributed by atoms with Gasteiger partial charge in [0, 0.05) is 27.6 Å². The molecule has 0 saturated carbocycles. The highest BCUT2D eigenvalue weighted by Gasteiger charge is 2.19. The lowest BCUT2D eigenvalue weighted by Crippen LogP contribution is -2.00. The second kappa shape index (κ2) is 14.2. The van der Waals surface area contributed by atoms with Crippen molar-refractivity contribution in [1.82, 2.24) is 29.3 Å². The zero-order chi connectivity index (χ0) is 40.3. The van der Waals surface area contributed by atoms with E-state index in [0.29, 0.717) is 17.5 Å². The molecule has 6 heteroatoms. The Bertz CT molecular complexity index is 3500. The van der Waals surface area contributed by atoms with Gasteiger partial charge in [0.2, 0.25) is 0 Å². The summed E-state index contributed by atoms with van der Waals surface area (Å²) in [6, 6.07) is 71.8. The first-order chi connectivity index (χ1) is 30.2. The minimum absolute atomic E-state index is 0.633. The molecular formula is C55H34N6. The lowest BCUT2D eigenvalue weighted by atomic mass is 9.85. The summed E-state index contributed by atoms with van der Waals surface area (Å²) in [6.45, 7) is 0. The van der Waals surface area contributed by atoms with Crippen LogP contribution in [-0.4, -0.2) is 29.3 Å². The van der Waals surface area contributed by atoms with Crippen LogP contribution < -0.4 is 0 Å². The summed E-state index contributed by atoms with van der Waals surface area (Å²) >= 11 is 0. The van der Waals surface area contributed by atoms with E-state index in [9.17, 15) is 0 Å². The Kier molecular flexibility index (Phi) is 8.06. The van der Waals surface area contributed by atoms with Crippen molar-refractivity contribution in [2.24, 2.45) is 0 Å². The maximum Gasteiger partial charge on any atom is 0.164 e. The molecule has 0 aliphatic heterocycles. The number of rotatable bonds is 6. The lowest BCUT2D eigenvalue weighted by molar-refractivity contribution is 1.07. The molecular weight excluding hydrogens is 745 g/mol. The predicted molar refractivity (Wildman–Crippen MR) is 249 cm³/mol. The molecule has 0 saturated heterocycles. The Labute approximate surface area is 351 Å². The number of para-hydroxylation sites is 3. The molecule has 61 heavy (non-hydrogen) atoms. The topological polar surface area (TPSA) is 68.9 Å². The lowest BCUT2D eigenvalue weighted by Gasteiger charge is -2.18. The number of fused-ring (bicyclic) bond motifs is 7. The van der Waals surface area contributed by atoms with Crippen LogP contribution in [-0.2, 0) is 0 Å². The van der Waals surface area contributed by atoms with Crippen molar-refractivity contribution < 1.29 is 0 Å². The van der Waals surface area contributed by atoms with Gasteiger partial charge in [0.25, 0.3) is 0 Å². The Morgan fingerprint density at radius 2 is 0.639 bits per heavy atom. The number of nitrogens with zero attached hydrogens (tertiary/aromatic N) is 6. The van der Waals surface area contributed by atoms with E-state index in [1.807, 2.05) is 78.9 Å². The van der Waals surface area contributed by atoms with Crippen LogP contribution in [0.3, 0.4) is 0 Å². The number of hydrogen-bond donors (Lipinski definition) is 0. The maximum atomic E-state index is 5.22. The van der Waals surface area contributed by atoms with Gasteiger partial charge in [-0.2, -0.15) is 0 Å². The fraction of sp³-hybridized carbons (Fsp3) is 0. The third-order valence-corrected chi connectivity index (χ3v) is 11.6. The van der Waals surface area contributed by atoms with Crippen LogP contribution in [0.1, 0.15) is 0 Å². The maximum absolute atomic E-state index is 5.22. The van der Waals surface area contributed by atoms with E-state index in [0.717, 1.165) is 66.8 Å². The normalized spacial score (nSPS) is 11.6. The number of hydrogen-bond acceptors (Lipinski definition) is 5. The van der Waals surface area contributed by atoms with Gasteiger partial charge < -0.3 is 0 Å². The summed E-state index contributed by atoms with van der Waals surface area (Å²) in [5.74, 6) is 2.79. The van der Waals surface area contributed by atoms with Gasteiger partial charge in [0.15, 0.2) is 17.5 Å². The van der Waals surface area contributed by atoms with E-state index in [-0.39, 0.29) is 0 Å². The van der Waals surface area contributed by atoms with E-state index in [1.54, 1.807) is 0 Å². The van der Waals surface area contributed by atoms with Crippen molar-refractivity contribution in [1.29, 1.82) is 0 Å². The quantitative estimate of drug-likeness (QED) is 0.157. The summed E-state index contributed by atoms with van der Waals surface area (Å²) in [4.78, 5) is 25.1. The fourth-order valence-corrected chi connectivity index (χ4v) is 8.80. The summed E-state index contributed by atoms with van der Waals surface area (Å²) < 4.78 is 2.20. The molecule has 0 amide bonds. The molecule has 284 valence electrons. The largest absolute Gasteiger partial charge is 0.276 e. The molecule has 0 aliphatic carbocycles. The summed E-state index contributed by atoms with van der Waals surface area (Å²) in [5, 5.41) is 5.80. The highest BCUT2D eigenvalue weighted by atomic mass is 15.1. The minimum atomic E-state index is 0.633. The predicted octanol–water partition coefficient (Wildman–Crippen LogP) is 13.5. The molecule has 9 aromatic carbocycles. The van der Waals surface area contributed by atoms with Gasteiger partial charge in [0.05, 0.1) is 16.6 Å². The summed E-state index contributed by atoms with van der Waals surface area (Å²) in [6.07, 6.45) is 0. The molecule has 3 aromatic heterocycles. The first-order valence-electron chi connectivity index (χ1n) is 20.4. The van der Waals surface area contributed by atoms with Crippen molar-refractivity contribution in [3.63, 3.8) is 0 Å². The first kappa shape index (κ1) is 34.7. The SMILES string of the molecule is c1ccc(-c2nc(-c3ccccc3)nc(-c3ccc(-c4c5ccccc5c(-c5ccc(-c6nc7ccccc7c7nc8ccccc8n67)cc5)c5ccccc45)cc3)n2)cc1. The second-order valence-electron chi connectivity index (χ2n) is 15.2. The second-order valence-corrected chi connectivity index (χ2v) is 15.2. The van der Waals surface area contributed by atoms with Crippen molar-refractivity contribution in [3.8, 4) is 67.8 Å². The molecule has 0 aliphatic rings. The standard InChI is InChI=1S/C55H34N6/c1-3-15-37(16-4-1)51-58-52(38-17-5-2-6-18-38)60-53(59-51)39-31-27-35(28-32-39)49-41-19-7-9-21-43(41)50(44-22-10-8-20-42(44)49)36-29-33-40(34-30-36)54-56-46-24-12-11-23-45(46)55-57-47-25-13-14-26-48(47)61(54)55/h1-34H. The van der Waals surface area contributed by atoms with Gasteiger partial charge >= 0.3 is 0 Å². The van der Waals surface area contributed by atoms with Crippen molar-refractivity contribution in [2.45, 2.75) is 0 Å². The van der Waals surface area contributed by atoms with Crippen LogP contribution in [0.2, 0.25) is 0 Å². The van der Waals surface area contributed by atoms with Gasteiger partial charge in [-0.1, -0.05) is 182 Å². The van der Waals surface area contributed by atoms with Crippen molar-refractivity contribution in [3.05, 3.63) is 206 Å². The van der Waals surface area contributed by atoms with Crippen molar-refractivity contribution in [2.75, 3.05) is 0 Å². The third-order valence-electron chi connectivity index (χ3n) is 11.6. The van der Waals surface area contributed by atoms with Gasteiger partial charge in [-0.25, -0.2) is 24.9 Å². The van der Waals surface area contributed by atoms with Crippen LogP contribution in [0.5, 0.6) is 0 Å². The Morgan fingerprint density at radius 3 is 1.15 bits per heavy atom. The Morgan fingerprint density at radius 1 is 0.262 bits per heavy atom. The smallest absolute Gasteiger partial charge is 0.164 e. The average Bonchev–Trinajstić information content (AvgIpc) is 3.74. The monoisotopic (exact) mass is 778 g/mol. The average molecular weight is 779 g/mol. The van der Waals surface area contributed by atoms with E-state index in [1.165, 1.54) is 32.7 Å². The Hall–Kier alpha value is -8.35. The molecule has 12 aromatic rings. The molecule has 0 unspecified atom stereocenters. The zero-order valence-electron chi connectivity index (χ0n) is 32.8. The Balaban J connectivity index is 0.978. The van der Waals surface area contributed by atoms with Gasteiger partial charge in [0.1, 0.15) is 11.5 Å². The highest BCUT2D eigenvalue weighted by Crippen LogP contribution is 2.44. The van der Waals surface area contributed by atoms with E-state index >= 15 is 0 Å². The fourth-order valence-electron chi connectivity index (χ4n) is 8.80. The van der Waals surface area contributed by atoms with Crippen LogP contribution in [0.15, 0.2) is 206 Å². The van der Waals surface area contributed by atoms with Crippen molar-refractivity contribution >= 4 is 49.1 Å². The van der Waals surface area contributed by atoms with Crippen LogP contribution >= 0.6 is 0 Å². The molecule has 3 heterocycles. The zero-order valence-corrected chi connectivity index (χ0v) is 32.8. The van der Waals surface area contributed by atoms with E-state index < -0.39 is 0 Å². The van der Waals surface area contributed by atoms with Crippen LogP contribution in [0.4, 0.5) is 0 Å². The van der Waals surface area contributed by atoms with Gasteiger partial charge in [-0.3, -0.25) is 4.40 Å². The summed E-state index contributed by atoms with van der Waals surface area (Å²) in [5.41, 5.74) is 12.3. The first-order valence-corrected chi connectivity index (χ1v) is 20.4. The van der Waals surface area contributed by atoms with Crippen LogP contribution in [0.25, 0.3) is 117 Å². The highest BCUT2D eigenvalue weighted by molar-refractivity contribution is 6.21.